The number of nitrogens with one attached hydrogen (secondary N) is 1. The first-order chi connectivity index (χ1) is 10.3. The number of methoxy groups -OCH3 is 1. The molecule has 0 saturated carbocycles. The minimum atomic E-state index is -0.765. The number of nitro groups is 1. The first-order valence-electron chi connectivity index (χ1n) is 6.01. The van der Waals surface area contributed by atoms with Crippen LogP contribution in [0.4, 0.5) is 10.7 Å². The van der Waals surface area contributed by atoms with Crippen molar-refractivity contribution in [1.29, 1.82) is 0 Å². The number of rotatable bonds is 4. The number of ether oxygens (including phenoxy) is 1. The van der Waals surface area contributed by atoms with Crippen molar-refractivity contribution >= 4 is 33.9 Å². The zero-order valence-electron chi connectivity index (χ0n) is 11.9. The van der Waals surface area contributed by atoms with Crippen molar-refractivity contribution in [2.75, 3.05) is 12.4 Å². The molecule has 2 heterocycles. The second kappa shape index (κ2) is 5.93. The zero-order chi connectivity index (χ0) is 16.4. The number of aryl methyl sites for hydroxylation is 2. The highest BCUT2D eigenvalue weighted by Crippen LogP contribution is 2.29. The fraction of sp³-hybridized carbons (Fsp3) is 0.250. The summed E-state index contributed by atoms with van der Waals surface area (Å²) < 4.78 is 5.81. The van der Waals surface area contributed by atoms with E-state index in [1.165, 1.54) is 18.8 Å². The third kappa shape index (κ3) is 2.96. The van der Waals surface area contributed by atoms with Crippen LogP contribution < -0.4 is 5.32 Å². The van der Waals surface area contributed by atoms with Gasteiger partial charge in [0.15, 0.2) is 0 Å². The molecule has 0 unspecified atom stereocenters. The van der Waals surface area contributed by atoms with Crippen LogP contribution in [0.25, 0.3) is 0 Å². The Morgan fingerprint density at radius 3 is 2.77 bits per heavy atom. The van der Waals surface area contributed by atoms with Gasteiger partial charge in [-0.25, -0.2) is 4.79 Å². The lowest BCUT2D eigenvalue weighted by Crippen LogP contribution is -2.15. The molecule has 2 aromatic rings. The molecule has 0 aliphatic heterocycles. The number of nitrogens with zero attached hydrogens (tertiary/aromatic N) is 3. The minimum Gasteiger partial charge on any atom is -0.465 e. The van der Waals surface area contributed by atoms with E-state index in [2.05, 4.69) is 15.2 Å². The highest BCUT2D eigenvalue weighted by atomic mass is 32.1. The van der Waals surface area contributed by atoms with E-state index >= 15 is 0 Å². The van der Waals surface area contributed by atoms with Gasteiger partial charge < -0.3 is 10.1 Å². The smallest absolute Gasteiger partial charge is 0.340 e. The van der Waals surface area contributed by atoms with Gasteiger partial charge in [-0.3, -0.25) is 19.6 Å². The predicted molar refractivity (Wildman–Crippen MR) is 78.2 cm³/mol. The molecule has 0 bridgehead atoms. The number of aromatic nitrogens is 2. The maximum Gasteiger partial charge on any atom is 0.340 e. The van der Waals surface area contributed by atoms with Gasteiger partial charge in [0.1, 0.15) is 11.2 Å². The van der Waals surface area contributed by atoms with Gasteiger partial charge in [0.2, 0.25) is 5.69 Å². The SMILES string of the molecule is COC(=O)c1cc(C)sc1NC(=O)c1nn(C)cc1[N+](=O)[O-]. The lowest BCUT2D eigenvalue weighted by molar-refractivity contribution is -0.385. The summed E-state index contributed by atoms with van der Waals surface area (Å²) in [5, 5.41) is 17.4. The maximum absolute atomic E-state index is 12.2. The summed E-state index contributed by atoms with van der Waals surface area (Å²) in [5.41, 5.74) is -0.542. The number of hydrogen-bond donors (Lipinski definition) is 1. The average molecular weight is 324 g/mol. The van der Waals surface area contributed by atoms with Crippen LogP contribution in [0.15, 0.2) is 12.3 Å². The highest BCUT2D eigenvalue weighted by molar-refractivity contribution is 7.16. The molecule has 0 aromatic carbocycles. The summed E-state index contributed by atoms with van der Waals surface area (Å²) >= 11 is 1.16. The van der Waals surface area contributed by atoms with Gasteiger partial charge in [0, 0.05) is 11.9 Å². The van der Waals surface area contributed by atoms with E-state index < -0.39 is 22.5 Å². The van der Waals surface area contributed by atoms with Crippen molar-refractivity contribution in [3.63, 3.8) is 0 Å². The van der Waals surface area contributed by atoms with Crippen molar-refractivity contribution < 1.29 is 19.2 Å². The topological polar surface area (TPSA) is 116 Å². The highest BCUT2D eigenvalue weighted by Gasteiger charge is 2.26. The summed E-state index contributed by atoms with van der Waals surface area (Å²) in [6.07, 6.45) is 1.13. The van der Waals surface area contributed by atoms with Gasteiger partial charge in [0.25, 0.3) is 5.91 Å². The second-order valence-corrected chi connectivity index (χ2v) is 5.60. The Kier molecular flexibility index (Phi) is 4.22. The van der Waals surface area contributed by atoms with E-state index in [0.717, 1.165) is 22.4 Å². The number of carbonyl (C=O) groups excluding carboxylic acids is 2. The Bertz CT molecular complexity index is 764. The molecule has 2 rings (SSSR count). The van der Waals surface area contributed by atoms with Crippen LogP contribution in [0.5, 0.6) is 0 Å². The molecular formula is C12H12N4O5S. The third-order valence-corrected chi connectivity index (χ3v) is 3.67. The lowest BCUT2D eigenvalue weighted by Gasteiger charge is -2.03. The number of carbonyl (C=O) groups is 2. The molecule has 1 N–H and O–H groups in total. The lowest BCUT2D eigenvalue weighted by atomic mass is 10.3. The molecule has 9 nitrogen and oxygen atoms in total. The number of hydrogen-bond acceptors (Lipinski definition) is 7. The van der Waals surface area contributed by atoms with E-state index in [1.807, 2.05) is 0 Å². The van der Waals surface area contributed by atoms with Crippen molar-refractivity contribution in [3.8, 4) is 0 Å². The summed E-state index contributed by atoms with van der Waals surface area (Å²) in [7, 11) is 2.70. The van der Waals surface area contributed by atoms with Gasteiger partial charge in [0.05, 0.1) is 17.6 Å². The number of amides is 1. The first-order valence-corrected chi connectivity index (χ1v) is 6.83. The Hall–Kier alpha value is -2.75. The Morgan fingerprint density at radius 2 is 2.18 bits per heavy atom. The van der Waals surface area contributed by atoms with Gasteiger partial charge in [-0.2, -0.15) is 5.10 Å². The van der Waals surface area contributed by atoms with Crippen LogP contribution in [0, 0.1) is 17.0 Å². The Labute approximate surface area is 128 Å². The summed E-state index contributed by atoms with van der Waals surface area (Å²) in [6.45, 7) is 1.76. The van der Waals surface area contributed by atoms with Crippen molar-refractivity contribution in [1.82, 2.24) is 9.78 Å². The van der Waals surface area contributed by atoms with Crippen molar-refractivity contribution in [3.05, 3.63) is 38.5 Å². The Balaban J connectivity index is 2.34. The van der Waals surface area contributed by atoms with E-state index in [1.54, 1.807) is 13.0 Å². The molecule has 0 aliphatic rings. The fourth-order valence-electron chi connectivity index (χ4n) is 1.80. The minimum absolute atomic E-state index is 0.192. The molecule has 2 aromatic heterocycles. The van der Waals surface area contributed by atoms with Gasteiger partial charge in [-0.15, -0.1) is 11.3 Å². The molecule has 10 heteroatoms. The van der Waals surface area contributed by atoms with E-state index in [9.17, 15) is 19.7 Å². The first kappa shape index (κ1) is 15.6. The van der Waals surface area contributed by atoms with Crippen LogP contribution >= 0.6 is 11.3 Å². The standard InChI is InChI=1S/C12H12N4O5S/c1-6-4-7(12(18)21-3)11(22-6)13-10(17)9-8(16(19)20)5-15(2)14-9/h4-5H,1-3H3,(H,13,17). The summed E-state index contributed by atoms with van der Waals surface area (Å²) in [5.74, 6) is -1.37. The molecule has 0 fully saturated rings. The number of thiophene rings is 1. The number of esters is 1. The second-order valence-electron chi connectivity index (χ2n) is 4.34. The predicted octanol–water partition coefficient (Wildman–Crippen LogP) is 1.74. The van der Waals surface area contributed by atoms with Gasteiger partial charge in [-0.1, -0.05) is 0 Å². The molecule has 116 valence electrons. The van der Waals surface area contributed by atoms with Crippen LogP contribution in [0.2, 0.25) is 0 Å². The van der Waals surface area contributed by atoms with Crippen LogP contribution in [0.1, 0.15) is 25.7 Å². The van der Waals surface area contributed by atoms with Crippen LogP contribution in [0.3, 0.4) is 0 Å². The average Bonchev–Trinajstić information content (AvgIpc) is 3.01. The van der Waals surface area contributed by atoms with E-state index in [-0.39, 0.29) is 16.3 Å². The van der Waals surface area contributed by atoms with Gasteiger partial charge in [-0.05, 0) is 13.0 Å². The molecule has 22 heavy (non-hydrogen) atoms. The quantitative estimate of drug-likeness (QED) is 0.520. The molecule has 0 aliphatic carbocycles. The molecular weight excluding hydrogens is 312 g/mol. The van der Waals surface area contributed by atoms with Crippen molar-refractivity contribution in [2.45, 2.75) is 6.92 Å². The maximum atomic E-state index is 12.2. The number of anilines is 1. The molecule has 0 saturated heterocycles. The third-order valence-electron chi connectivity index (χ3n) is 2.71. The van der Waals surface area contributed by atoms with Crippen LogP contribution in [-0.4, -0.2) is 33.7 Å². The summed E-state index contributed by atoms with van der Waals surface area (Å²) in [4.78, 5) is 34.8. The monoisotopic (exact) mass is 324 g/mol. The van der Waals surface area contributed by atoms with E-state index in [4.69, 9.17) is 0 Å². The zero-order valence-corrected chi connectivity index (χ0v) is 12.8. The van der Waals surface area contributed by atoms with Crippen molar-refractivity contribution in [2.24, 2.45) is 7.05 Å². The van der Waals surface area contributed by atoms with E-state index in [0.29, 0.717) is 0 Å². The Morgan fingerprint density at radius 1 is 1.50 bits per heavy atom. The largest absolute Gasteiger partial charge is 0.465 e. The molecule has 0 atom stereocenters. The van der Waals surface area contributed by atoms with Gasteiger partial charge >= 0.3 is 11.7 Å². The van der Waals surface area contributed by atoms with Crippen LogP contribution in [-0.2, 0) is 11.8 Å². The normalized spacial score (nSPS) is 10.3. The molecule has 0 radical (unpaired) electrons. The molecule has 0 spiro atoms. The fourth-order valence-corrected chi connectivity index (χ4v) is 2.70. The molecule has 1 amide bonds. The summed E-state index contributed by atoms with van der Waals surface area (Å²) in [6, 6.07) is 1.57.